The molecule has 2 aliphatic heterocycles. The highest BCUT2D eigenvalue weighted by atomic mass is 16.2. The number of rotatable bonds is 0. The van der Waals surface area contributed by atoms with Gasteiger partial charge >= 0.3 is 0 Å². The Bertz CT molecular complexity index is 174. The fraction of sp³-hybridized carbons (Fsp3) is 0.571. The second-order valence-electron chi connectivity index (χ2n) is 2.61. The Morgan fingerprint density at radius 1 is 1.56 bits per heavy atom. The smallest absolute Gasteiger partial charge is 0.225 e. The van der Waals surface area contributed by atoms with Gasteiger partial charge in [-0.2, -0.15) is 0 Å². The van der Waals surface area contributed by atoms with Gasteiger partial charge in [0, 0.05) is 19.0 Å². The van der Waals surface area contributed by atoms with Gasteiger partial charge in [-0.05, 0) is 6.42 Å². The van der Waals surface area contributed by atoms with Crippen LogP contribution in [-0.4, -0.2) is 23.4 Å². The fourth-order valence-electron chi connectivity index (χ4n) is 1.42. The quantitative estimate of drug-likeness (QED) is 0.340. The molecule has 2 heteroatoms. The number of carbonyl (C=O) groups is 1. The van der Waals surface area contributed by atoms with Gasteiger partial charge in [-0.3, -0.25) is 4.79 Å². The van der Waals surface area contributed by atoms with Gasteiger partial charge in [0.15, 0.2) is 0 Å². The SMILES string of the molecule is O=C1C[C@@H]2CC=CCN12. The minimum Gasteiger partial charge on any atom is -0.335 e. The van der Waals surface area contributed by atoms with Crippen LogP contribution in [0.4, 0.5) is 0 Å². The third kappa shape index (κ3) is 0.590. The first kappa shape index (κ1) is 5.03. The number of β-lactam (4-membered cyclic amide) rings is 1. The molecular formula is C7H9NO. The highest BCUT2D eigenvalue weighted by Gasteiger charge is 2.35. The van der Waals surface area contributed by atoms with Gasteiger partial charge in [-0.1, -0.05) is 12.2 Å². The summed E-state index contributed by atoms with van der Waals surface area (Å²) in [6, 6.07) is 0.558. The average molecular weight is 123 g/mol. The van der Waals surface area contributed by atoms with E-state index in [0.29, 0.717) is 11.9 Å². The predicted molar refractivity (Wildman–Crippen MR) is 33.9 cm³/mol. The summed E-state index contributed by atoms with van der Waals surface area (Å²) in [5, 5.41) is 0. The largest absolute Gasteiger partial charge is 0.335 e. The van der Waals surface area contributed by atoms with Crippen molar-refractivity contribution in [3.05, 3.63) is 12.2 Å². The molecule has 9 heavy (non-hydrogen) atoms. The van der Waals surface area contributed by atoms with Crippen molar-refractivity contribution in [1.29, 1.82) is 0 Å². The lowest BCUT2D eigenvalue weighted by Crippen LogP contribution is -2.53. The van der Waals surface area contributed by atoms with Crippen LogP contribution in [0.2, 0.25) is 0 Å². The van der Waals surface area contributed by atoms with Crippen LogP contribution in [0.1, 0.15) is 12.8 Å². The maximum atomic E-state index is 10.8. The second kappa shape index (κ2) is 1.59. The van der Waals surface area contributed by atoms with Gasteiger partial charge < -0.3 is 4.90 Å². The molecule has 2 heterocycles. The lowest BCUT2D eigenvalue weighted by Gasteiger charge is -2.41. The summed E-state index contributed by atoms with van der Waals surface area (Å²) in [5.74, 6) is 0.323. The Balaban J connectivity index is 2.12. The first-order valence-electron chi connectivity index (χ1n) is 3.32. The van der Waals surface area contributed by atoms with Crippen LogP contribution in [-0.2, 0) is 4.79 Å². The topological polar surface area (TPSA) is 20.3 Å². The first-order chi connectivity index (χ1) is 4.38. The molecule has 2 nitrogen and oxygen atoms in total. The minimum absolute atomic E-state index is 0.323. The average Bonchev–Trinajstić information content (AvgIpc) is 1.86. The molecular weight excluding hydrogens is 114 g/mol. The number of hydrogen-bond donors (Lipinski definition) is 0. The highest BCUT2D eigenvalue weighted by Crippen LogP contribution is 2.24. The molecule has 2 rings (SSSR count). The van der Waals surface area contributed by atoms with Crippen molar-refractivity contribution < 1.29 is 4.79 Å². The molecule has 1 saturated heterocycles. The van der Waals surface area contributed by atoms with Gasteiger partial charge in [-0.15, -0.1) is 0 Å². The Morgan fingerprint density at radius 2 is 2.44 bits per heavy atom. The van der Waals surface area contributed by atoms with Crippen LogP contribution in [0.3, 0.4) is 0 Å². The molecule has 0 radical (unpaired) electrons. The van der Waals surface area contributed by atoms with Crippen LogP contribution in [0.25, 0.3) is 0 Å². The zero-order valence-corrected chi connectivity index (χ0v) is 5.21. The molecule has 1 atom stereocenters. The van der Waals surface area contributed by atoms with Crippen LogP contribution < -0.4 is 0 Å². The first-order valence-corrected chi connectivity index (χ1v) is 3.32. The summed E-state index contributed by atoms with van der Waals surface area (Å²) < 4.78 is 0. The van der Waals surface area contributed by atoms with Gasteiger partial charge in [0.25, 0.3) is 0 Å². The zero-order valence-electron chi connectivity index (χ0n) is 5.21. The number of amides is 1. The summed E-state index contributed by atoms with van der Waals surface area (Å²) >= 11 is 0. The summed E-state index contributed by atoms with van der Waals surface area (Å²) in [4.78, 5) is 12.7. The van der Waals surface area contributed by atoms with E-state index >= 15 is 0 Å². The van der Waals surface area contributed by atoms with Gasteiger partial charge in [-0.25, -0.2) is 0 Å². The minimum atomic E-state index is 0.323. The molecule has 0 unspecified atom stereocenters. The molecule has 1 fully saturated rings. The summed E-state index contributed by atoms with van der Waals surface area (Å²) in [6.07, 6.45) is 6.08. The van der Waals surface area contributed by atoms with Crippen molar-refractivity contribution in [2.24, 2.45) is 0 Å². The van der Waals surface area contributed by atoms with E-state index in [1.807, 2.05) is 4.90 Å². The fourth-order valence-corrected chi connectivity index (χ4v) is 1.42. The van der Waals surface area contributed by atoms with E-state index in [-0.39, 0.29) is 0 Å². The van der Waals surface area contributed by atoms with Crippen LogP contribution in [0.5, 0.6) is 0 Å². The molecule has 48 valence electrons. The molecule has 0 saturated carbocycles. The second-order valence-corrected chi connectivity index (χ2v) is 2.61. The van der Waals surface area contributed by atoms with E-state index in [4.69, 9.17) is 0 Å². The number of fused-ring (bicyclic) bond motifs is 1. The van der Waals surface area contributed by atoms with Crippen molar-refractivity contribution in [2.75, 3.05) is 6.54 Å². The number of carbonyl (C=O) groups excluding carboxylic acids is 1. The van der Waals surface area contributed by atoms with Crippen molar-refractivity contribution in [3.63, 3.8) is 0 Å². The maximum Gasteiger partial charge on any atom is 0.225 e. The molecule has 2 aliphatic rings. The van der Waals surface area contributed by atoms with E-state index in [0.717, 1.165) is 19.4 Å². The zero-order chi connectivity index (χ0) is 6.27. The Hall–Kier alpha value is -0.790. The molecule has 0 aliphatic carbocycles. The Labute approximate surface area is 54.1 Å². The van der Waals surface area contributed by atoms with Crippen molar-refractivity contribution in [3.8, 4) is 0 Å². The van der Waals surface area contributed by atoms with E-state index < -0.39 is 0 Å². The Kier molecular flexibility index (Phi) is 0.891. The molecule has 1 amide bonds. The molecule has 0 aromatic heterocycles. The van der Waals surface area contributed by atoms with E-state index in [1.165, 1.54) is 0 Å². The Morgan fingerprint density at radius 3 is 3.00 bits per heavy atom. The van der Waals surface area contributed by atoms with E-state index in [2.05, 4.69) is 12.2 Å². The third-order valence-corrected chi connectivity index (χ3v) is 2.05. The molecule has 0 aromatic rings. The summed E-state index contributed by atoms with van der Waals surface area (Å²) in [7, 11) is 0. The van der Waals surface area contributed by atoms with Crippen molar-refractivity contribution in [1.82, 2.24) is 4.90 Å². The summed E-state index contributed by atoms with van der Waals surface area (Å²) in [5.41, 5.74) is 0. The van der Waals surface area contributed by atoms with Crippen LogP contribution in [0, 0.1) is 0 Å². The van der Waals surface area contributed by atoms with Crippen molar-refractivity contribution >= 4 is 5.91 Å². The molecule has 0 aromatic carbocycles. The van der Waals surface area contributed by atoms with Gasteiger partial charge in [0.2, 0.25) is 5.91 Å². The number of hydrogen-bond acceptors (Lipinski definition) is 1. The van der Waals surface area contributed by atoms with Crippen molar-refractivity contribution in [2.45, 2.75) is 18.9 Å². The van der Waals surface area contributed by atoms with Crippen LogP contribution in [0.15, 0.2) is 12.2 Å². The monoisotopic (exact) mass is 123 g/mol. The standard InChI is InChI=1S/C7H9NO/c9-7-5-6-3-1-2-4-8(6)7/h1-2,6H,3-5H2/t6-/m0/s1. The van der Waals surface area contributed by atoms with Gasteiger partial charge in [0.05, 0.1) is 0 Å². The lowest BCUT2D eigenvalue weighted by molar-refractivity contribution is -0.145. The van der Waals surface area contributed by atoms with E-state index in [9.17, 15) is 4.79 Å². The van der Waals surface area contributed by atoms with E-state index in [1.54, 1.807) is 0 Å². The summed E-state index contributed by atoms with van der Waals surface area (Å²) in [6.45, 7) is 0.851. The lowest BCUT2D eigenvalue weighted by atomic mass is 9.96. The number of nitrogens with zero attached hydrogens (tertiary/aromatic N) is 1. The highest BCUT2D eigenvalue weighted by molar-refractivity contribution is 5.83. The molecule has 0 N–H and O–H groups in total. The molecule has 0 bridgehead atoms. The predicted octanol–water partition coefficient (Wildman–Crippen LogP) is 0.547. The van der Waals surface area contributed by atoms with Gasteiger partial charge in [0.1, 0.15) is 0 Å². The maximum absolute atomic E-state index is 10.8. The molecule has 0 spiro atoms. The third-order valence-electron chi connectivity index (χ3n) is 2.05. The van der Waals surface area contributed by atoms with Crippen LogP contribution >= 0.6 is 0 Å². The normalized spacial score (nSPS) is 31.8.